The summed E-state index contributed by atoms with van der Waals surface area (Å²) in [4.78, 5) is 5.35. The Morgan fingerprint density at radius 3 is 2.29 bits per heavy atom. The Balaban J connectivity index is 2.55. The molecule has 0 saturated carbocycles. The first kappa shape index (κ1) is 14.5. The number of hydrogen-bond acceptors (Lipinski definition) is 3. The molecule has 96 valence electrons. The van der Waals surface area contributed by atoms with Gasteiger partial charge in [0.1, 0.15) is 0 Å². The largest absolute Gasteiger partial charge is 0.311 e. The fourth-order valence-electron chi connectivity index (χ4n) is 1.41. The number of thioether (sulfide) groups is 1. The standard InChI is InChI=1S/C14H24N2S/c1-11(2)13(10-16-14(3,4)5)17-12-6-8-15-9-7-12/h6-9,11,13,16H,10H2,1-5H3. The molecule has 0 aliphatic rings. The lowest BCUT2D eigenvalue weighted by Gasteiger charge is -2.27. The highest BCUT2D eigenvalue weighted by atomic mass is 32.2. The van der Waals surface area contributed by atoms with E-state index >= 15 is 0 Å². The zero-order chi connectivity index (χ0) is 12.9. The van der Waals surface area contributed by atoms with Crippen LogP contribution in [0.25, 0.3) is 0 Å². The van der Waals surface area contributed by atoms with Crippen LogP contribution in [0.4, 0.5) is 0 Å². The van der Waals surface area contributed by atoms with Gasteiger partial charge in [-0.15, -0.1) is 11.8 Å². The number of hydrogen-bond donors (Lipinski definition) is 1. The summed E-state index contributed by atoms with van der Waals surface area (Å²) in [7, 11) is 0. The SMILES string of the molecule is CC(C)C(CNC(C)(C)C)Sc1ccncc1. The van der Waals surface area contributed by atoms with E-state index in [1.165, 1.54) is 4.90 Å². The highest BCUT2D eigenvalue weighted by molar-refractivity contribution is 8.00. The molecule has 1 aromatic rings. The highest BCUT2D eigenvalue weighted by Crippen LogP contribution is 2.27. The lowest BCUT2D eigenvalue weighted by atomic mass is 10.1. The zero-order valence-corrected chi connectivity index (χ0v) is 12.3. The van der Waals surface area contributed by atoms with E-state index in [4.69, 9.17) is 0 Å². The number of nitrogens with one attached hydrogen (secondary N) is 1. The van der Waals surface area contributed by atoms with Crippen LogP contribution < -0.4 is 5.32 Å². The second-order valence-corrected chi connectivity index (χ2v) is 7.03. The molecule has 1 unspecified atom stereocenters. The molecular formula is C14H24N2S. The van der Waals surface area contributed by atoms with E-state index in [2.05, 4.69) is 57.1 Å². The summed E-state index contributed by atoms with van der Waals surface area (Å²) in [5.74, 6) is 0.656. The average molecular weight is 252 g/mol. The lowest BCUT2D eigenvalue weighted by Crippen LogP contribution is -2.41. The van der Waals surface area contributed by atoms with Crippen LogP contribution in [0.15, 0.2) is 29.4 Å². The van der Waals surface area contributed by atoms with Crippen molar-refractivity contribution in [2.75, 3.05) is 6.54 Å². The minimum Gasteiger partial charge on any atom is -0.311 e. The Bertz CT molecular complexity index is 317. The first-order valence-electron chi connectivity index (χ1n) is 6.20. The van der Waals surface area contributed by atoms with Gasteiger partial charge in [0.15, 0.2) is 0 Å². The van der Waals surface area contributed by atoms with Gasteiger partial charge in [-0.3, -0.25) is 4.98 Å². The number of pyridine rings is 1. The van der Waals surface area contributed by atoms with Crippen molar-refractivity contribution in [3.8, 4) is 0 Å². The van der Waals surface area contributed by atoms with Crippen molar-refractivity contribution in [2.24, 2.45) is 5.92 Å². The van der Waals surface area contributed by atoms with Crippen molar-refractivity contribution in [3.63, 3.8) is 0 Å². The molecule has 3 heteroatoms. The minimum absolute atomic E-state index is 0.186. The van der Waals surface area contributed by atoms with Crippen LogP contribution in [0, 0.1) is 5.92 Å². The van der Waals surface area contributed by atoms with Crippen LogP contribution in [0.5, 0.6) is 0 Å². The van der Waals surface area contributed by atoms with Crippen LogP contribution in [-0.4, -0.2) is 22.3 Å². The smallest absolute Gasteiger partial charge is 0.0278 e. The summed E-state index contributed by atoms with van der Waals surface area (Å²) in [5.41, 5.74) is 0.186. The predicted molar refractivity (Wildman–Crippen MR) is 76.5 cm³/mol. The maximum atomic E-state index is 4.05. The molecule has 0 aliphatic carbocycles. The molecule has 17 heavy (non-hydrogen) atoms. The first-order valence-corrected chi connectivity index (χ1v) is 7.08. The molecule has 0 aliphatic heterocycles. The number of rotatable bonds is 5. The number of aromatic nitrogens is 1. The molecule has 1 heterocycles. The van der Waals surface area contributed by atoms with Crippen molar-refractivity contribution < 1.29 is 0 Å². The fourth-order valence-corrected chi connectivity index (χ4v) is 2.48. The quantitative estimate of drug-likeness (QED) is 0.811. The summed E-state index contributed by atoms with van der Waals surface area (Å²) in [5, 5.41) is 4.18. The van der Waals surface area contributed by atoms with Gasteiger partial charge >= 0.3 is 0 Å². The van der Waals surface area contributed by atoms with E-state index in [-0.39, 0.29) is 5.54 Å². The summed E-state index contributed by atoms with van der Waals surface area (Å²) >= 11 is 1.93. The Morgan fingerprint density at radius 2 is 1.82 bits per heavy atom. The fraction of sp³-hybridized carbons (Fsp3) is 0.643. The third kappa shape index (κ3) is 6.08. The second kappa shape index (κ2) is 6.41. The van der Waals surface area contributed by atoms with Crippen LogP contribution in [-0.2, 0) is 0 Å². The molecule has 0 aromatic carbocycles. The molecular weight excluding hydrogens is 228 g/mol. The van der Waals surface area contributed by atoms with Gasteiger partial charge in [-0.05, 0) is 38.8 Å². The molecule has 1 aromatic heterocycles. The van der Waals surface area contributed by atoms with Gasteiger partial charge in [-0.25, -0.2) is 0 Å². The molecule has 1 N–H and O–H groups in total. The first-order chi connectivity index (χ1) is 7.88. The summed E-state index contributed by atoms with van der Waals surface area (Å²) in [6.45, 7) is 12.2. The van der Waals surface area contributed by atoms with E-state index in [0.29, 0.717) is 11.2 Å². The Labute approximate surface area is 110 Å². The van der Waals surface area contributed by atoms with Crippen molar-refractivity contribution in [2.45, 2.75) is 50.3 Å². The average Bonchev–Trinajstić information content (AvgIpc) is 2.24. The predicted octanol–water partition coefficient (Wildman–Crippen LogP) is 3.59. The summed E-state index contributed by atoms with van der Waals surface area (Å²) in [6, 6.07) is 4.16. The zero-order valence-electron chi connectivity index (χ0n) is 11.5. The molecule has 1 atom stereocenters. The molecule has 0 radical (unpaired) electrons. The van der Waals surface area contributed by atoms with E-state index in [9.17, 15) is 0 Å². The van der Waals surface area contributed by atoms with Crippen LogP contribution in [0.3, 0.4) is 0 Å². The molecule has 0 amide bonds. The maximum Gasteiger partial charge on any atom is 0.0278 e. The van der Waals surface area contributed by atoms with Crippen molar-refractivity contribution in [1.82, 2.24) is 10.3 Å². The molecule has 0 fully saturated rings. The minimum atomic E-state index is 0.186. The molecule has 1 rings (SSSR count). The Morgan fingerprint density at radius 1 is 1.24 bits per heavy atom. The Hall–Kier alpha value is -0.540. The van der Waals surface area contributed by atoms with Gasteiger partial charge in [0.2, 0.25) is 0 Å². The maximum absolute atomic E-state index is 4.05. The summed E-state index contributed by atoms with van der Waals surface area (Å²) < 4.78 is 0. The van der Waals surface area contributed by atoms with Gasteiger partial charge in [0, 0.05) is 34.6 Å². The molecule has 2 nitrogen and oxygen atoms in total. The highest BCUT2D eigenvalue weighted by Gasteiger charge is 2.18. The Kier molecular flexibility index (Phi) is 5.47. The normalized spacial score (nSPS) is 14.0. The van der Waals surface area contributed by atoms with Gasteiger partial charge in [-0.1, -0.05) is 13.8 Å². The lowest BCUT2D eigenvalue weighted by molar-refractivity contribution is 0.408. The number of nitrogens with zero attached hydrogens (tertiary/aromatic N) is 1. The van der Waals surface area contributed by atoms with Crippen LogP contribution in [0.1, 0.15) is 34.6 Å². The van der Waals surface area contributed by atoms with Crippen LogP contribution in [0.2, 0.25) is 0 Å². The molecule has 0 spiro atoms. The van der Waals surface area contributed by atoms with Gasteiger partial charge in [0.05, 0.1) is 0 Å². The van der Waals surface area contributed by atoms with E-state index in [1.807, 2.05) is 24.2 Å². The topological polar surface area (TPSA) is 24.9 Å². The van der Waals surface area contributed by atoms with E-state index in [0.717, 1.165) is 6.54 Å². The monoisotopic (exact) mass is 252 g/mol. The van der Waals surface area contributed by atoms with Gasteiger partial charge in [-0.2, -0.15) is 0 Å². The summed E-state index contributed by atoms with van der Waals surface area (Å²) in [6.07, 6.45) is 3.72. The van der Waals surface area contributed by atoms with Crippen molar-refractivity contribution in [1.29, 1.82) is 0 Å². The van der Waals surface area contributed by atoms with E-state index in [1.54, 1.807) is 0 Å². The third-order valence-electron chi connectivity index (χ3n) is 2.51. The third-order valence-corrected chi connectivity index (χ3v) is 4.07. The van der Waals surface area contributed by atoms with Crippen molar-refractivity contribution >= 4 is 11.8 Å². The molecule has 0 bridgehead atoms. The van der Waals surface area contributed by atoms with Crippen molar-refractivity contribution in [3.05, 3.63) is 24.5 Å². The van der Waals surface area contributed by atoms with Gasteiger partial charge in [0.25, 0.3) is 0 Å². The van der Waals surface area contributed by atoms with E-state index < -0.39 is 0 Å². The van der Waals surface area contributed by atoms with Crippen LogP contribution >= 0.6 is 11.8 Å². The second-order valence-electron chi connectivity index (χ2n) is 5.71. The molecule has 0 saturated heterocycles. The van der Waals surface area contributed by atoms with Gasteiger partial charge < -0.3 is 5.32 Å².